The van der Waals surface area contributed by atoms with E-state index < -0.39 is 0 Å². The molecule has 0 saturated heterocycles. The summed E-state index contributed by atoms with van der Waals surface area (Å²) in [5.41, 5.74) is 3.55. The molecular weight excluding hydrogens is 399 g/mol. The zero-order valence-electron chi connectivity index (χ0n) is 12.8. The highest BCUT2D eigenvalue weighted by Crippen LogP contribution is 2.22. The molecule has 4 heteroatoms. The predicted octanol–water partition coefficient (Wildman–Crippen LogP) is 4.02. The maximum atomic E-state index is 12.2. The van der Waals surface area contributed by atoms with Crippen LogP contribution in [0.3, 0.4) is 0 Å². The summed E-state index contributed by atoms with van der Waals surface area (Å²) in [5, 5.41) is 2.99. The Hall–Kier alpha value is -1.66. The number of hydrogen-bond donors (Lipinski definition) is 1. The van der Waals surface area contributed by atoms with Crippen molar-refractivity contribution in [3.63, 3.8) is 0 Å². The van der Waals surface area contributed by atoms with Gasteiger partial charge in [0.1, 0.15) is 0 Å². The number of benzene rings is 2. The molecule has 118 valence electrons. The molecule has 0 radical (unpaired) electrons. The molecule has 2 aromatic rings. The molecule has 3 nitrogen and oxygen atoms in total. The molecule has 0 aromatic heterocycles. The first-order valence-corrected chi connectivity index (χ1v) is 8.81. The van der Waals surface area contributed by atoms with Crippen LogP contribution in [0.1, 0.15) is 12.0 Å². The maximum Gasteiger partial charge on any atom is 0.238 e. The lowest BCUT2D eigenvalue weighted by atomic mass is 10.00. The summed E-state index contributed by atoms with van der Waals surface area (Å²) in [7, 11) is 0. The first kappa shape index (κ1) is 16.2. The summed E-state index contributed by atoms with van der Waals surface area (Å²) in [6.45, 7) is 2.17. The van der Waals surface area contributed by atoms with Crippen LogP contribution in [-0.4, -0.2) is 30.4 Å². The SMILES string of the molecule is O=C(CN1CC=C(c2ccccc2)CC1)Nc1ccccc1I. The smallest absolute Gasteiger partial charge is 0.238 e. The van der Waals surface area contributed by atoms with Crippen LogP contribution >= 0.6 is 22.6 Å². The van der Waals surface area contributed by atoms with E-state index in [9.17, 15) is 4.79 Å². The van der Waals surface area contributed by atoms with E-state index in [1.54, 1.807) is 0 Å². The highest BCUT2D eigenvalue weighted by atomic mass is 127. The van der Waals surface area contributed by atoms with Crippen LogP contribution in [0.15, 0.2) is 60.7 Å². The largest absolute Gasteiger partial charge is 0.324 e. The summed E-state index contributed by atoms with van der Waals surface area (Å²) in [6.07, 6.45) is 3.22. The fourth-order valence-electron chi connectivity index (χ4n) is 2.72. The van der Waals surface area contributed by atoms with E-state index in [2.05, 4.69) is 63.1 Å². The topological polar surface area (TPSA) is 32.3 Å². The third-order valence-electron chi connectivity index (χ3n) is 3.95. The molecule has 23 heavy (non-hydrogen) atoms. The minimum atomic E-state index is 0.0469. The van der Waals surface area contributed by atoms with E-state index in [1.165, 1.54) is 11.1 Å². The minimum Gasteiger partial charge on any atom is -0.324 e. The van der Waals surface area contributed by atoms with Crippen molar-refractivity contribution in [2.24, 2.45) is 0 Å². The summed E-state index contributed by atoms with van der Waals surface area (Å²) in [6, 6.07) is 18.3. The molecule has 0 fully saturated rings. The number of nitrogens with zero attached hydrogens (tertiary/aromatic N) is 1. The molecule has 0 unspecified atom stereocenters. The molecule has 1 amide bonds. The van der Waals surface area contributed by atoms with Crippen LogP contribution < -0.4 is 5.32 Å². The Morgan fingerprint density at radius 2 is 1.83 bits per heavy atom. The summed E-state index contributed by atoms with van der Waals surface area (Å²) < 4.78 is 1.06. The molecule has 0 atom stereocenters. The van der Waals surface area contributed by atoms with Crippen molar-refractivity contribution < 1.29 is 4.79 Å². The quantitative estimate of drug-likeness (QED) is 0.761. The van der Waals surface area contributed by atoms with Gasteiger partial charge in [0.15, 0.2) is 0 Å². The molecule has 3 rings (SSSR count). The van der Waals surface area contributed by atoms with Crippen LogP contribution in [0, 0.1) is 3.57 Å². The van der Waals surface area contributed by atoms with Gasteiger partial charge in [-0.1, -0.05) is 48.5 Å². The average molecular weight is 418 g/mol. The van der Waals surface area contributed by atoms with Gasteiger partial charge in [-0.15, -0.1) is 0 Å². The number of hydrogen-bond acceptors (Lipinski definition) is 2. The zero-order chi connectivity index (χ0) is 16.1. The number of carbonyl (C=O) groups excluding carboxylic acids is 1. The van der Waals surface area contributed by atoms with Gasteiger partial charge in [-0.2, -0.15) is 0 Å². The fourth-order valence-corrected chi connectivity index (χ4v) is 3.25. The second kappa shape index (κ2) is 7.75. The Bertz CT molecular complexity index is 712. The monoisotopic (exact) mass is 418 g/mol. The van der Waals surface area contributed by atoms with Crippen molar-refractivity contribution in [3.05, 3.63) is 69.8 Å². The van der Waals surface area contributed by atoms with Gasteiger partial charge in [-0.25, -0.2) is 0 Å². The van der Waals surface area contributed by atoms with Crippen LogP contribution in [0.2, 0.25) is 0 Å². The van der Waals surface area contributed by atoms with Crippen molar-refractivity contribution in [2.75, 3.05) is 25.0 Å². The Labute approximate surface area is 150 Å². The minimum absolute atomic E-state index is 0.0469. The van der Waals surface area contributed by atoms with Crippen LogP contribution in [-0.2, 0) is 4.79 Å². The van der Waals surface area contributed by atoms with Gasteiger partial charge in [0, 0.05) is 16.7 Å². The van der Waals surface area contributed by atoms with Gasteiger partial charge in [-0.05, 0) is 52.3 Å². The zero-order valence-corrected chi connectivity index (χ0v) is 15.0. The number of amides is 1. The molecule has 1 aliphatic heterocycles. The highest BCUT2D eigenvalue weighted by Gasteiger charge is 2.16. The normalized spacial score (nSPS) is 15.1. The molecule has 1 N–H and O–H groups in total. The predicted molar refractivity (Wildman–Crippen MR) is 103 cm³/mol. The van der Waals surface area contributed by atoms with Crippen molar-refractivity contribution in [1.29, 1.82) is 0 Å². The van der Waals surface area contributed by atoms with E-state index >= 15 is 0 Å². The van der Waals surface area contributed by atoms with E-state index in [4.69, 9.17) is 0 Å². The Morgan fingerprint density at radius 3 is 2.52 bits per heavy atom. The van der Waals surface area contributed by atoms with Gasteiger partial charge in [0.05, 0.1) is 12.2 Å². The van der Waals surface area contributed by atoms with E-state index in [1.807, 2.05) is 30.3 Å². The Kier molecular flexibility index (Phi) is 5.46. The number of para-hydroxylation sites is 1. The molecule has 1 heterocycles. The lowest BCUT2D eigenvalue weighted by Gasteiger charge is -2.26. The third kappa shape index (κ3) is 4.42. The molecule has 0 bridgehead atoms. The maximum absolute atomic E-state index is 12.2. The van der Waals surface area contributed by atoms with Crippen molar-refractivity contribution in [1.82, 2.24) is 4.90 Å². The summed E-state index contributed by atoms with van der Waals surface area (Å²) in [5.74, 6) is 0.0469. The first-order chi connectivity index (χ1) is 11.2. The molecule has 0 spiro atoms. The van der Waals surface area contributed by atoms with Crippen molar-refractivity contribution in [3.8, 4) is 0 Å². The molecule has 0 saturated carbocycles. The molecular formula is C19H19IN2O. The van der Waals surface area contributed by atoms with Gasteiger partial charge in [0.2, 0.25) is 5.91 Å². The highest BCUT2D eigenvalue weighted by molar-refractivity contribution is 14.1. The molecule has 2 aromatic carbocycles. The van der Waals surface area contributed by atoms with Gasteiger partial charge >= 0.3 is 0 Å². The van der Waals surface area contributed by atoms with E-state index in [0.29, 0.717) is 6.54 Å². The first-order valence-electron chi connectivity index (χ1n) is 7.73. The number of halogens is 1. The van der Waals surface area contributed by atoms with E-state index in [-0.39, 0.29) is 5.91 Å². The molecule has 1 aliphatic rings. The van der Waals surface area contributed by atoms with Gasteiger partial charge < -0.3 is 5.32 Å². The van der Waals surface area contributed by atoms with Crippen molar-refractivity contribution in [2.45, 2.75) is 6.42 Å². The van der Waals surface area contributed by atoms with Crippen LogP contribution in [0.4, 0.5) is 5.69 Å². The average Bonchev–Trinajstić information content (AvgIpc) is 2.58. The summed E-state index contributed by atoms with van der Waals surface area (Å²) in [4.78, 5) is 14.4. The van der Waals surface area contributed by atoms with Crippen molar-refractivity contribution >= 4 is 39.8 Å². The van der Waals surface area contributed by atoms with Crippen LogP contribution in [0.25, 0.3) is 5.57 Å². The Morgan fingerprint density at radius 1 is 1.09 bits per heavy atom. The standard InChI is InChI=1S/C19H19IN2O/c20-17-8-4-5-9-18(17)21-19(23)14-22-12-10-16(11-13-22)15-6-2-1-3-7-15/h1-10H,11-14H2,(H,21,23). The number of anilines is 1. The summed E-state index contributed by atoms with van der Waals surface area (Å²) >= 11 is 2.24. The van der Waals surface area contributed by atoms with E-state index in [0.717, 1.165) is 28.8 Å². The number of carbonyl (C=O) groups is 1. The number of rotatable bonds is 4. The van der Waals surface area contributed by atoms with Gasteiger partial charge in [0.25, 0.3) is 0 Å². The number of nitrogens with one attached hydrogen (secondary N) is 1. The second-order valence-corrected chi connectivity index (χ2v) is 6.77. The Balaban J connectivity index is 1.55. The molecule has 0 aliphatic carbocycles. The van der Waals surface area contributed by atoms with Crippen LogP contribution in [0.5, 0.6) is 0 Å². The lowest BCUT2D eigenvalue weighted by Crippen LogP contribution is -2.36. The lowest BCUT2D eigenvalue weighted by molar-refractivity contribution is -0.117. The van der Waals surface area contributed by atoms with Gasteiger partial charge in [-0.3, -0.25) is 9.69 Å². The third-order valence-corrected chi connectivity index (χ3v) is 4.89. The fraction of sp³-hybridized carbons (Fsp3) is 0.211. The second-order valence-electron chi connectivity index (χ2n) is 5.61.